The van der Waals surface area contributed by atoms with Gasteiger partial charge in [-0.3, -0.25) is 0 Å². The SMILES string of the molecule is c1ccc2c(-c3nc(-c4ccc5oc6ccccc6c5c4)cc4c3ccc3sc5c6ccccc6ccc5c34)cccc2c1. The second kappa shape index (κ2) is 9.00. The fourth-order valence-corrected chi connectivity index (χ4v) is 8.25. The van der Waals surface area contributed by atoms with Crippen LogP contribution in [-0.4, -0.2) is 4.98 Å². The fourth-order valence-electron chi connectivity index (χ4n) is 7.00. The monoisotopic (exact) mass is 577 g/mol. The summed E-state index contributed by atoms with van der Waals surface area (Å²) in [6.45, 7) is 0. The molecule has 2 nitrogen and oxygen atoms in total. The first-order valence-corrected chi connectivity index (χ1v) is 15.7. The zero-order valence-corrected chi connectivity index (χ0v) is 24.4. The first kappa shape index (κ1) is 24.0. The number of aromatic nitrogens is 1. The maximum atomic E-state index is 6.17. The van der Waals surface area contributed by atoms with E-state index in [-0.39, 0.29) is 0 Å². The second-order valence-corrected chi connectivity index (χ2v) is 12.5. The van der Waals surface area contributed by atoms with Gasteiger partial charge in [-0.2, -0.15) is 0 Å². The van der Waals surface area contributed by atoms with Gasteiger partial charge in [-0.25, -0.2) is 4.98 Å². The summed E-state index contributed by atoms with van der Waals surface area (Å²) in [5.41, 5.74) is 5.99. The summed E-state index contributed by atoms with van der Waals surface area (Å²) in [7, 11) is 0. The average molecular weight is 578 g/mol. The Morgan fingerprint density at radius 2 is 1.20 bits per heavy atom. The summed E-state index contributed by atoms with van der Waals surface area (Å²) in [6.07, 6.45) is 0. The van der Waals surface area contributed by atoms with E-state index < -0.39 is 0 Å². The van der Waals surface area contributed by atoms with Crippen LogP contribution in [0.1, 0.15) is 0 Å². The molecule has 0 unspecified atom stereocenters. The van der Waals surface area contributed by atoms with Crippen LogP contribution in [0, 0.1) is 0 Å². The number of hydrogen-bond acceptors (Lipinski definition) is 3. The van der Waals surface area contributed by atoms with Crippen LogP contribution in [0.15, 0.2) is 144 Å². The molecule has 0 saturated heterocycles. The Hall–Kier alpha value is -5.51. The number of benzene rings is 7. The Morgan fingerprint density at radius 3 is 2.11 bits per heavy atom. The molecule has 0 spiro atoms. The highest BCUT2D eigenvalue weighted by molar-refractivity contribution is 7.26. The molecule has 0 aliphatic rings. The largest absolute Gasteiger partial charge is 0.456 e. The molecule has 10 rings (SSSR count). The van der Waals surface area contributed by atoms with Gasteiger partial charge in [0.2, 0.25) is 0 Å². The van der Waals surface area contributed by atoms with Gasteiger partial charge >= 0.3 is 0 Å². The molecule has 0 aliphatic heterocycles. The smallest absolute Gasteiger partial charge is 0.135 e. The van der Waals surface area contributed by atoms with Crippen LogP contribution in [0.2, 0.25) is 0 Å². The van der Waals surface area contributed by atoms with Crippen molar-refractivity contribution in [3.63, 3.8) is 0 Å². The van der Waals surface area contributed by atoms with Crippen LogP contribution in [0.4, 0.5) is 0 Å². The van der Waals surface area contributed by atoms with E-state index >= 15 is 0 Å². The van der Waals surface area contributed by atoms with Crippen molar-refractivity contribution in [1.82, 2.24) is 4.98 Å². The maximum Gasteiger partial charge on any atom is 0.135 e. The number of para-hydroxylation sites is 1. The fraction of sp³-hybridized carbons (Fsp3) is 0. The summed E-state index contributed by atoms with van der Waals surface area (Å²) in [5, 5.41) is 12.2. The predicted molar refractivity (Wildman–Crippen MR) is 188 cm³/mol. The lowest BCUT2D eigenvalue weighted by Crippen LogP contribution is -1.92. The van der Waals surface area contributed by atoms with E-state index in [0.29, 0.717) is 0 Å². The zero-order chi connectivity index (χ0) is 28.8. The molecule has 0 bridgehead atoms. The minimum absolute atomic E-state index is 0.892. The van der Waals surface area contributed by atoms with Gasteiger partial charge in [0.05, 0.1) is 11.4 Å². The summed E-state index contributed by atoms with van der Waals surface area (Å²) in [4.78, 5) is 5.46. The van der Waals surface area contributed by atoms with Crippen LogP contribution in [-0.2, 0) is 0 Å². The molecule has 3 heteroatoms. The number of pyridine rings is 1. The van der Waals surface area contributed by atoms with Gasteiger partial charge in [0.1, 0.15) is 11.2 Å². The van der Waals surface area contributed by atoms with Gasteiger partial charge in [0.15, 0.2) is 0 Å². The Kier molecular flexibility index (Phi) is 4.90. The average Bonchev–Trinajstić information content (AvgIpc) is 3.66. The highest BCUT2D eigenvalue weighted by Gasteiger charge is 2.18. The van der Waals surface area contributed by atoms with Crippen LogP contribution in [0.5, 0.6) is 0 Å². The van der Waals surface area contributed by atoms with Crippen molar-refractivity contribution < 1.29 is 4.42 Å². The van der Waals surface area contributed by atoms with Gasteiger partial charge in [-0.1, -0.05) is 103 Å². The second-order valence-electron chi connectivity index (χ2n) is 11.5. The van der Waals surface area contributed by atoms with Crippen LogP contribution in [0.25, 0.3) is 96.9 Å². The van der Waals surface area contributed by atoms with Gasteiger partial charge in [-0.15, -0.1) is 11.3 Å². The minimum atomic E-state index is 0.892. The summed E-state index contributed by atoms with van der Waals surface area (Å²) < 4.78 is 8.79. The van der Waals surface area contributed by atoms with Crippen LogP contribution >= 0.6 is 11.3 Å². The van der Waals surface area contributed by atoms with Gasteiger partial charge in [0, 0.05) is 47.5 Å². The molecule has 0 N–H and O–H groups in total. The van der Waals surface area contributed by atoms with Crippen LogP contribution in [0.3, 0.4) is 0 Å². The molecule has 3 aromatic heterocycles. The zero-order valence-electron chi connectivity index (χ0n) is 23.5. The van der Waals surface area contributed by atoms with Crippen molar-refractivity contribution in [3.8, 4) is 22.5 Å². The number of fused-ring (bicyclic) bond motifs is 11. The van der Waals surface area contributed by atoms with Crippen molar-refractivity contribution in [2.24, 2.45) is 0 Å². The van der Waals surface area contributed by atoms with E-state index in [2.05, 4.69) is 127 Å². The molecule has 7 aromatic carbocycles. The lowest BCUT2D eigenvalue weighted by molar-refractivity contribution is 0.669. The standard InChI is InChI=1S/C41H23NOS/c1-3-11-27-24(8-1)10-7-14-30(27)40-31-19-21-38-39(32-18-16-25-9-2-4-12-28(25)41(32)44-38)34(31)23-35(42-40)26-17-20-37-33(22-26)29-13-5-6-15-36(29)43-37/h1-23H. The van der Waals surface area contributed by atoms with Gasteiger partial charge < -0.3 is 4.42 Å². The maximum absolute atomic E-state index is 6.17. The van der Waals surface area contributed by atoms with Crippen molar-refractivity contribution in [3.05, 3.63) is 140 Å². The third-order valence-electron chi connectivity index (χ3n) is 9.05. The molecule has 10 aromatic rings. The number of hydrogen-bond donors (Lipinski definition) is 0. The van der Waals surface area contributed by atoms with E-state index in [4.69, 9.17) is 9.40 Å². The Labute approximate surface area is 256 Å². The van der Waals surface area contributed by atoms with E-state index in [0.717, 1.165) is 44.5 Å². The Balaban J connectivity index is 1.35. The molecule has 0 atom stereocenters. The first-order chi connectivity index (χ1) is 21.8. The minimum Gasteiger partial charge on any atom is -0.456 e. The highest BCUT2D eigenvalue weighted by Crippen LogP contribution is 2.45. The van der Waals surface area contributed by atoms with Crippen LogP contribution < -0.4 is 0 Å². The molecule has 204 valence electrons. The number of thiophene rings is 1. The highest BCUT2D eigenvalue weighted by atomic mass is 32.1. The van der Waals surface area contributed by atoms with E-state index in [1.165, 1.54) is 52.5 Å². The summed E-state index contributed by atoms with van der Waals surface area (Å²) >= 11 is 1.88. The molecule has 0 aliphatic carbocycles. The number of nitrogens with zero attached hydrogens (tertiary/aromatic N) is 1. The Morgan fingerprint density at radius 1 is 0.477 bits per heavy atom. The number of furan rings is 1. The normalized spacial score (nSPS) is 12.1. The predicted octanol–water partition coefficient (Wildman–Crippen LogP) is 12.1. The molecular formula is C41H23NOS. The lowest BCUT2D eigenvalue weighted by atomic mass is 9.94. The molecule has 0 saturated carbocycles. The summed E-state index contributed by atoms with van der Waals surface area (Å²) in [6, 6.07) is 50.0. The summed E-state index contributed by atoms with van der Waals surface area (Å²) in [5.74, 6) is 0. The van der Waals surface area contributed by atoms with Crippen molar-refractivity contribution >= 4 is 85.8 Å². The lowest BCUT2D eigenvalue weighted by Gasteiger charge is -2.13. The van der Waals surface area contributed by atoms with Crippen molar-refractivity contribution in [2.75, 3.05) is 0 Å². The van der Waals surface area contributed by atoms with Crippen molar-refractivity contribution in [2.45, 2.75) is 0 Å². The van der Waals surface area contributed by atoms with Gasteiger partial charge in [-0.05, 0) is 63.3 Å². The number of rotatable bonds is 2. The quantitative estimate of drug-likeness (QED) is 0.204. The molecule has 0 radical (unpaired) electrons. The molecule has 44 heavy (non-hydrogen) atoms. The van der Waals surface area contributed by atoms with E-state index in [9.17, 15) is 0 Å². The molecule has 0 fully saturated rings. The molecular weight excluding hydrogens is 555 g/mol. The third kappa shape index (κ3) is 3.39. The first-order valence-electron chi connectivity index (χ1n) is 14.9. The van der Waals surface area contributed by atoms with Crippen molar-refractivity contribution in [1.29, 1.82) is 0 Å². The Bertz CT molecular complexity index is 2780. The third-order valence-corrected chi connectivity index (χ3v) is 10.3. The van der Waals surface area contributed by atoms with Gasteiger partial charge in [0.25, 0.3) is 0 Å². The molecule has 0 amide bonds. The molecule has 3 heterocycles. The topological polar surface area (TPSA) is 26.0 Å². The van der Waals surface area contributed by atoms with E-state index in [1.807, 2.05) is 23.5 Å². The van der Waals surface area contributed by atoms with E-state index in [1.54, 1.807) is 0 Å².